The van der Waals surface area contributed by atoms with Gasteiger partial charge in [-0.15, -0.1) is 0 Å². The van der Waals surface area contributed by atoms with Crippen LogP contribution in [0.4, 0.5) is 0 Å². The molecule has 0 radical (unpaired) electrons. The van der Waals surface area contributed by atoms with Crippen molar-refractivity contribution >= 4 is 23.9 Å². The molecule has 0 aliphatic carbocycles. The smallest absolute Gasteiger partial charge is 0.343 e. The van der Waals surface area contributed by atoms with Gasteiger partial charge >= 0.3 is 23.9 Å². The van der Waals surface area contributed by atoms with Crippen molar-refractivity contribution < 1.29 is 38.1 Å². The van der Waals surface area contributed by atoms with E-state index in [9.17, 15) is 19.2 Å². The van der Waals surface area contributed by atoms with E-state index in [0.717, 1.165) is 11.1 Å². The lowest BCUT2D eigenvalue weighted by molar-refractivity contribution is 0.0591. The van der Waals surface area contributed by atoms with Crippen molar-refractivity contribution in [3.05, 3.63) is 119 Å². The molecule has 0 unspecified atom stereocenters. The Hall–Kier alpha value is -5.24. The molecule has 0 bridgehead atoms. The first-order chi connectivity index (χ1) is 19.4. The second kappa shape index (κ2) is 14.1. The highest BCUT2D eigenvalue weighted by Crippen LogP contribution is 2.25. The second-order valence-corrected chi connectivity index (χ2v) is 7.97. The van der Waals surface area contributed by atoms with Crippen LogP contribution in [0.15, 0.2) is 97.1 Å². The maximum Gasteiger partial charge on any atom is 0.343 e. The summed E-state index contributed by atoms with van der Waals surface area (Å²) in [6, 6.07) is 25.8. The minimum atomic E-state index is -0.555. The first-order valence-electron chi connectivity index (χ1n) is 12.4. The van der Waals surface area contributed by atoms with Crippen LogP contribution in [0.1, 0.15) is 55.3 Å². The molecule has 0 N–H and O–H groups in total. The van der Waals surface area contributed by atoms with Crippen molar-refractivity contribution in [1.82, 2.24) is 0 Å². The number of carbonyl (C=O) groups excluding carboxylic acids is 4. The molecular formula is C32H28O8. The molecule has 0 aliphatic heterocycles. The zero-order chi connectivity index (χ0) is 29.1. The molecule has 0 atom stereocenters. The van der Waals surface area contributed by atoms with E-state index >= 15 is 0 Å². The Labute approximate surface area is 232 Å². The number of hydrogen-bond acceptors (Lipinski definition) is 8. The summed E-state index contributed by atoms with van der Waals surface area (Å²) in [6.07, 6.45) is 0. The van der Waals surface area contributed by atoms with Crippen LogP contribution < -0.4 is 9.47 Å². The van der Waals surface area contributed by atoms with Crippen LogP contribution >= 0.6 is 0 Å². The Morgan fingerprint density at radius 1 is 0.400 bits per heavy atom. The predicted octanol–water partition coefficient (Wildman–Crippen LogP) is 6.39. The highest BCUT2D eigenvalue weighted by atomic mass is 16.5. The Morgan fingerprint density at radius 3 is 0.900 bits per heavy atom. The summed E-state index contributed by atoms with van der Waals surface area (Å²) in [5.74, 6) is -1.36. The third kappa shape index (κ3) is 7.41. The fraction of sp³-hybridized carbons (Fsp3) is 0.125. The van der Waals surface area contributed by atoms with Gasteiger partial charge in [-0.1, -0.05) is 38.1 Å². The van der Waals surface area contributed by atoms with Crippen LogP contribution in [-0.2, 0) is 9.47 Å². The number of rotatable bonds is 7. The maximum absolute atomic E-state index is 12.4. The minimum absolute atomic E-state index is 0.297. The summed E-state index contributed by atoms with van der Waals surface area (Å²) >= 11 is 0. The molecule has 0 aromatic heterocycles. The van der Waals surface area contributed by atoms with Gasteiger partial charge in [0.15, 0.2) is 0 Å². The summed E-state index contributed by atoms with van der Waals surface area (Å²) in [5, 5.41) is 0. The summed E-state index contributed by atoms with van der Waals surface area (Å²) in [6.45, 7) is 4.00. The van der Waals surface area contributed by atoms with E-state index in [1.807, 2.05) is 13.8 Å². The largest absolute Gasteiger partial charge is 0.465 e. The van der Waals surface area contributed by atoms with Crippen LogP contribution in [0, 0.1) is 0 Å². The Morgan fingerprint density at radius 2 is 0.650 bits per heavy atom. The molecule has 0 saturated heterocycles. The van der Waals surface area contributed by atoms with Crippen LogP contribution in [0.25, 0.3) is 11.1 Å². The number of ether oxygens (including phenoxy) is 4. The topological polar surface area (TPSA) is 105 Å². The zero-order valence-corrected chi connectivity index (χ0v) is 22.5. The van der Waals surface area contributed by atoms with E-state index in [1.165, 1.54) is 62.8 Å². The van der Waals surface area contributed by atoms with Crippen molar-refractivity contribution in [3.63, 3.8) is 0 Å². The van der Waals surface area contributed by atoms with Gasteiger partial charge in [0.05, 0.1) is 36.5 Å². The van der Waals surface area contributed by atoms with E-state index in [4.69, 9.17) is 9.47 Å². The van der Waals surface area contributed by atoms with Gasteiger partial charge < -0.3 is 18.9 Å². The van der Waals surface area contributed by atoms with E-state index in [0.29, 0.717) is 33.8 Å². The predicted molar refractivity (Wildman–Crippen MR) is 149 cm³/mol. The van der Waals surface area contributed by atoms with Gasteiger partial charge in [0, 0.05) is 0 Å². The van der Waals surface area contributed by atoms with Crippen LogP contribution in [0.5, 0.6) is 11.5 Å². The quantitative estimate of drug-likeness (QED) is 0.196. The molecule has 4 aromatic rings. The third-order valence-corrected chi connectivity index (χ3v) is 5.55. The molecule has 0 aliphatic rings. The Bertz CT molecular complexity index is 1340. The summed E-state index contributed by atoms with van der Waals surface area (Å²) in [7, 11) is 2.57. The monoisotopic (exact) mass is 540 g/mol. The number of esters is 4. The van der Waals surface area contributed by atoms with Gasteiger partial charge in [-0.3, -0.25) is 0 Å². The van der Waals surface area contributed by atoms with Crippen LogP contribution in [0.2, 0.25) is 0 Å². The van der Waals surface area contributed by atoms with Crippen molar-refractivity contribution in [2.45, 2.75) is 13.8 Å². The van der Waals surface area contributed by atoms with Crippen molar-refractivity contribution in [2.75, 3.05) is 14.2 Å². The average Bonchev–Trinajstić information content (AvgIpc) is 3.02. The molecule has 0 amide bonds. The van der Waals surface area contributed by atoms with Gasteiger partial charge in [-0.05, 0) is 83.9 Å². The summed E-state index contributed by atoms with van der Waals surface area (Å²) in [4.78, 5) is 47.9. The normalized spacial score (nSPS) is 9.90. The second-order valence-electron chi connectivity index (χ2n) is 7.97. The van der Waals surface area contributed by atoms with Crippen LogP contribution in [0.3, 0.4) is 0 Å². The van der Waals surface area contributed by atoms with Crippen molar-refractivity contribution in [1.29, 1.82) is 0 Å². The molecule has 0 fully saturated rings. The fourth-order valence-electron chi connectivity index (χ4n) is 3.48. The van der Waals surface area contributed by atoms with Gasteiger partial charge in [0.1, 0.15) is 11.5 Å². The Kier molecular flexibility index (Phi) is 10.3. The number of hydrogen-bond donors (Lipinski definition) is 0. The van der Waals surface area contributed by atoms with E-state index in [2.05, 4.69) is 9.47 Å². The molecule has 8 nitrogen and oxygen atoms in total. The Balaban J connectivity index is 0.00000216. The molecule has 0 spiro atoms. The SMILES string of the molecule is CC.COC(=O)c1ccc(C(=O)Oc2ccc(-c3ccc(OC(=O)c4ccc(C(=O)OC)cc4)cc3)cc2)cc1. The summed E-state index contributed by atoms with van der Waals surface area (Å²) in [5.41, 5.74) is 3.00. The molecule has 0 saturated carbocycles. The molecule has 204 valence electrons. The van der Waals surface area contributed by atoms with Gasteiger partial charge in [0.2, 0.25) is 0 Å². The van der Waals surface area contributed by atoms with Gasteiger partial charge in [-0.2, -0.15) is 0 Å². The highest BCUT2D eigenvalue weighted by molar-refractivity contribution is 5.95. The first-order valence-corrected chi connectivity index (χ1v) is 12.4. The lowest BCUT2D eigenvalue weighted by Crippen LogP contribution is -2.09. The lowest BCUT2D eigenvalue weighted by Gasteiger charge is -2.08. The zero-order valence-electron chi connectivity index (χ0n) is 22.5. The highest BCUT2D eigenvalue weighted by Gasteiger charge is 2.13. The standard InChI is InChI=1S/C30H22O8.C2H6/c1-35-27(31)21-3-7-23(8-4-21)29(33)37-25-15-11-19(12-16-25)20-13-17-26(18-14-20)38-30(34)24-9-5-22(6-10-24)28(32)36-2;1-2/h3-18H,1-2H3;1-2H3. The van der Waals surface area contributed by atoms with Gasteiger partial charge in [-0.25, -0.2) is 19.2 Å². The summed E-state index contributed by atoms with van der Waals surface area (Å²) < 4.78 is 20.1. The van der Waals surface area contributed by atoms with Crippen molar-refractivity contribution in [2.24, 2.45) is 0 Å². The molecule has 0 heterocycles. The molecule has 4 rings (SSSR count). The minimum Gasteiger partial charge on any atom is -0.465 e. The number of carbonyl (C=O) groups is 4. The van der Waals surface area contributed by atoms with Crippen molar-refractivity contribution in [3.8, 4) is 22.6 Å². The fourth-order valence-corrected chi connectivity index (χ4v) is 3.48. The molecule has 4 aromatic carbocycles. The van der Waals surface area contributed by atoms with Gasteiger partial charge in [0.25, 0.3) is 0 Å². The van der Waals surface area contributed by atoms with E-state index in [-0.39, 0.29) is 0 Å². The lowest BCUT2D eigenvalue weighted by atomic mass is 10.1. The molecule has 40 heavy (non-hydrogen) atoms. The van der Waals surface area contributed by atoms with E-state index in [1.54, 1.807) is 48.5 Å². The number of methoxy groups -OCH3 is 2. The average molecular weight is 541 g/mol. The van der Waals surface area contributed by atoms with E-state index < -0.39 is 23.9 Å². The number of benzene rings is 4. The van der Waals surface area contributed by atoms with Crippen LogP contribution in [-0.4, -0.2) is 38.1 Å². The molecule has 8 heteroatoms. The third-order valence-electron chi connectivity index (χ3n) is 5.55. The maximum atomic E-state index is 12.4. The first kappa shape index (κ1) is 29.3. The molecular weight excluding hydrogens is 512 g/mol.